The van der Waals surface area contributed by atoms with Gasteiger partial charge in [0.05, 0.1) is 23.3 Å². The first-order valence-electron chi connectivity index (χ1n) is 6.71. The van der Waals surface area contributed by atoms with Gasteiger partial charge >= 0.3 is 5.97 Å². The third-order valence-corrected chi connectivity index (χ3v) is 5.59. The van der Waals surface area contributed by atoms with E-state index in [1.807, 2.05) is 0 Å². The van der Waals surface area contributed by atoms with Crippen LogP contribution in [0.25, 0.3) is 0 Å². The van der Waals surface area contributed by atoms with Gasteiger partial charge in [-0.15, -0.1) is 0 Å². The molecule has 0 bridgehead atoms. The second-order valence-corrected chi connectivity index (χ2v) is 7.27. The molecule has 0 fully saturated rings. The first-order valence-corrected chi connectivity index (χ1v) is 8.53. The first-order chi connectivity index (χ1) is 10.8. The molecule has 2 aromatic carbocycles. The molecule has 0 saturated heterocycles. The third kappa shape index (κ3) is 3.33. The predicted molar refractivity (Wildman–Crippen MR) is 89.6 cm³/mol. The highest BCUT2D eigenvalue weighted by Gasteiger charge is 2.26. The quantitative estimate of drug-likeness (QED) is 0.791. The van der Waals surface area contributed by atoms with Crippen molar-refractivity contribution < 1.29 is 17.9 Å². The lowest BCUT2D eigenvalue weighted by atomic mass is 10.2. The molecular weight excluding hydrogens is 338 g/mol. The van der Waals surface area contributed by atoms with Gasteiger partial charge in [0.1, 0.15) is 0 Å². The maximum Gasteiger partial charge on any atom is 0.340 e. The van der Waals surface area contributed by atoms with Crippen molar-refractivity contribution in [3.05, 3.63) is 58.6 Å². The third-order valence-electron chi connectivity index (χ3n) is 3.42. The van der Waals surface area contributed by atoms with E-state index in [2.05, 4.69) is 0 Å². The summed E-state index contributed by atoms with van der Waals surface area (Å²) in [5, 5.41) is 0.457. The van der Waals surface area contributed by atoms with Crippen molar-refractivity contribution in [3.63, 3.8) is 0 Å². The lowest BCUT2D eigenvalue weighted by Gasteiger charge is -2.22. The molecule has 0 aromatic heterocycles. The Labute approximate surface area is 140 Å². The van der Waals surface area contributed by atoms with Crippen molar-refractivity contribution in [1.82, 2.24) is 0 Å². The van der Waals surface area contributed by atoms with E-state index < -0.39 is 16.0 Å². The number of aryl methyl sites for hydroxylation is 1. The molecule has 0 heterocycles. The zero-order valence-corrected chi connectivity index (χ0v) is 14.5. The number of para-hydroxylation sites is 1. The molecular formula is C16H16ClNO4S. The van der Waals surface area contributed by atoms with Gasteiger partial charge in [-0.3, -0.25) is 4.31 Å². The number of anilines is 1. The molecule has 122 valence electrons. The summed E-state index contributed by atoms with van der Waals surface area (Å²) < 4.78 is 31.5. The molecule has 0 aliphatic heterocycles. The van der Waals surface area contributed by atoms with Crippen LogP contribution in [0, 0.1) is 6.92 Å². The highest BCUT2D eigenvalue weighted by Crippen LogP contribution is 2.28. The number of hydrogen-bond donors (Lipinski definition) is 0. The maximum absolute atomic E-state index is 12.9. The Balaban J connectivity index is 2.56. The van der Waals surface area contributed by atoms with Gasteiger partial charge in [-0.1, -0.05) is 23.7 Å². The first kappa shape index (κ1) is 17.3. The van der Waals surface area contributed by atoms with Gasteiger partial charge < -0.3 is 4.74 Å². The van der Waals surface area contributed by atoms with Gasteiger partial charge in [-0.25, -0.2) is 13.2 Å². The second kappa shape index (κ2) is 6.60. The Bertz CT molecular complexity index is 849. The van der Waals surface area contributed by atoms with Crippen molar-refractivity contribution in [2.24, 2.45) is 0 Å². The predicted octanol–water partition coefficient (Wildman–Crippen LogP) is 3.26. The van der Waals surface area contributed by atoms with E-state index in [9.17, 15) is 13.2 Å². The standard InChI is InChI=1S/C16H16ClNO4S/c1-11-10-12(17)8-9-15(11)23(20,21)18(2)14-7-5-4-6-13(14)16(19)22-3/h4-10H,1-3H3. The summed E-state index contributed by atoms with van der Waals surface area (Å²) >= 11 is 5.88. The molecule has 0 radical (unpaired) electrons. The minimum absolute atomic E-state index is 0.129. The molecule has 2 rings (SSSR count). The number of benzene rings is 2. The number of ether oxygens (including phenoxy) is 1. The molecule has 7 heteroatoms. The van der Waals surface area contributed by atoms with Crippen molar-refractivity contribution in [1.29, 1.82) is 0 Å². The van der Waals surface area contributed by atoms with Crippen LogP contribution in [-0.2, 0) is 14.8 Å². The summed E-state index contributed by atoms with van der Waals surface area (Å²) in [4.78, 5) is 12.0. The van der Waals surface area contributed by atoms with Crippen LogP contribution in [0.15, 0.2) is 47.4 Å². The lowest BCUT2D eigenvalue weighted by molar-refractivity contribution is 0.0601. The van der Waals surface area contributed by atoms with Gasteiger partial charge in [0, 0.05) is 12.1 Å². The van der Waals surface area contributed by atoms with Gasteiger partial charge in [0.15, 0.2) is 0 Å². The molecule has 0 spiro atoms. The molecule has 0 aliphatic carbocycles. The van der Waals surface area contributed by atoms with E-state index in [0.717, 1.165) is 4.31 Å². The Kier molecular flexibility index (Phi) is 4.97. The Morgan fingerprint density at radius 2 is 1.83 bits per heavy atom. The fraction of sp³-hybridized carbons (Fsp3) is 0.188. The SMILES string of the molecule is COC(=O)c1ccccc1N(C)S(=O)(=O)c1ccc(Cl)cc1C. The number of rotatable bonds is 4. The van der Waals surface area contributed by atoms with Gasteiger partial charge in [-0.05, 0) is 42.8 Å². The van der Waals surface area contributed by atoms with Crippen molar-refractivity contribution in [3.8, 4) is 0 Å². The molecule has 0 saturated carbocycles. The average Bonchev–Trinajstić information content (AvgIpc) is 2.53. The van der Waals surface area contributed by atoms with Crippen LogP contribution in [0.1, 0.15) is 15.9 Å². The minimum Gasteiger partial charge on any atom is -0.465 e. The number of nitrogens with zero attached hydrogens (tertiary/aromatic N) is 1. The van der Waals surface area contributed by atoms with Gasteiger partial charge in [0.25, 0.3) is 10.0 Å². The van der Waals surface area contributed by atoms with Crippen LogP contribution in [-0.4, -0.2) is 28.5 Å². The fourth-order valence-electron chi connectivity index (χ4n) is 2.21. The van der Waals surface area contributed by atoms with Crippen LogP contribution in [0.4, 0.5) is 5.69 Å². The van der Waals surface area contributed by atoms with Crippen LogP contribution in [0.5, 0.6) is 0 Å². The number of methoxy groups -OCH3 is 1. The highest BCUT2D eigenvalue weighted by molar-refractivity contribution is 7.92. The monoisotopic (exact) mass is 353 g/mol. The Morgan fingerprint density at radius 3 is 2.43 bits per heavy atom. The minimum atomic E-state index is -3.84. The molecule has 0 amide bonds. The number of carbonyl (C=O) groups is 1. The number of sulfonamides is 1. The molecule has 23 heavy (non-hydrogen) atoms. The summed E-state index contributed by atoms with van der Waals surface area (Å²) in [6.07, 6.45) is 0. The number of hydrogen-bond acceptors (Lipinski definition) is 4. The van der Waals surface area contributed by atoms with Crippen molar-refractivity contribution >= 4 is 33.3 Å². The number of esters is 1. The number of halogens is 1. The fourth-order valence-corrected chi connectivity index (χ4v) is 3.86. The number of carbonyl (C=O) groups excluding carboxylic acids is 1. The van der Waals surface area contributed by atoms with E-state index in [4.69, 9.17) is 16.3 Å². The van der Waals surface area contributed by atoms with Crippen molar-refractivity contribution in [2.75, 3.05) is 18.5 Å². The van der Waals surface area contributed by atoms with Crippen LogP contribution < -0.4 is 4.31 Å². The Morgan fingerprint density at radius 1 is 1.17 bits per heavy atom. The normalized spacial score (nSPS) is 11.1. The zero-order chi connectivity index (χ0) is 17.2. The second-order valence-electron chi connectivity index (χ2n) is 4.89. The topological polar surface area (TPSA) is 63.7 Å². The van der Waals surface area contributed by atoms with Crippen LogP contribution in [0.3, 0.4) is 0 Å². The zero-order valence-electron chi connectivity index (χ0n) is 12.9. The molecule has 0 unspecified atom stereocenters. The van der Waals surface area contributed by atoms with Gasteiger partial charge in [0.2, 0.25) is 0 Å². The van der Waals surface area contributed by atoms with Crippen molar-refractivity contribution in [2.45, 2.75) is 11.8 Å². The lowest BCUT2D eigenvalue weighted by Crippen LogP contribution is -2.28. The molecule has 0 aliphatic rings. The summed E-state index contributed by atoms with van der Waals surface area (Å²) in [6.45, 7) is 1.67. The van der Waals surface area contributed by atoms with Gasteiger partial charge in [-0.2, -0.15) is 0 Å². The summed E-state index contributed by atoms with van der Waals surface area (Å²) in [5.74, 6) is -0.601. The molecule has 5 nitrogen and oxygen atoms in total. The largest absolute Gasteiger partial charge is 0.465 e. The van der Waals surface area contributed by atoms with Crippen LogP contribution >= 0.6 is 11.6 Å². The van der Waals surface area contributed by atoms with E-state index in [-0.39, 0.29) is 16.1 Å². The summed E-state index contributed by atoms with van der Waals surface area (Å²) in [7, 11) is -1.20. The average molecular weight is 354 g/mol. The van der Waals surface area contributed by atoms with E-state index in [0.29, 0.717) is 10.6 Å². The smallest absolute Gasteiger partial charge is 0.340 e. The summed E-state index contributed by atoms with van der Waals surface area (Å²) in [6, 6.07) is 10.9. The highest BCUT2D eigenvalue weighted by atomic mass is 35.5. The molecule has 0 N–H and O–H groups in total. The Hall–Kier alpha value is -2.05. The molecule has 0 atom stereocenters. The summed E-state index contributed by atoms with van der Waals surface area (Å²) in [5.41, 5.74) is 0.946. The maximum atomic E-state index is 12.9. The van der Waals surface area contributed by atoms with Crippen LogP contribution in [0.2, 0.25) is 5.02 Å². The molecule has 2 aromatic rings. The van der Waals surface area contributed by atoms with E-state index in [1.165, 1.54) is 32.4 Å². The van der Waals surface area contributed by atoms with E-state index in [1.54, 1.807) is 31.2 Å². The van der Waals surface area contributed by atoms with E-state index >= 15 is 0 Å².